The number of hydrogen-bond donors (Lipinski definition) is 2. The highest BCUT2D eigenvalue weighted by Crippen LogP contribution is 2.29. The Kier molecular flexibility index (Phi) is 5.62. The molecule has 0 aromatic rings. The van der Waals surface area contributed by atoms with Gasteiger partial charge in [0.2, 0.25) is 5.91 Å². The van der Waals surface area contributed by atoms with Crippen LogP contribution in [0.1, 0.15) is 45.4 Å². The predicted molar refractivity (Wildman–Crippen MR) is 70.6 cm³/mol. The second-order valence-corrected chi connectivity index (χ2v) is 6.24. The van der Waals surface area contributed by atoms with E-state index in [4.69, 9.17) is 5.73 Å². The fourth-order valence-electron chi connectivity index (χ4n) is 2.03. The summed E-state index contributed by atoms with van der Waals surface area (Å²) in [7, 11) is 1.80. The van der Waals surface area contributed by atoms with Crippen molar-refractivity contribution in [3.05, 3.63) is 0 Å². The molecule has 3 nitrogen and oxygen atoms in total. The van der Waals surface area contributed by atoms with Crippen LogP contribution in [0.4, 0.5) is 0 Å². The van der Waals surface area contributed by atoms with Crippen molar-refractivity contribution in [2.24, 2.45) is 5.73 Å². The van der Waals surface area contributed by atoms with Crippen LogP contribution in [0.25, 0.3) is 0 Å². The molecule has 0 aliphatic heterocycles. The van der Waals surface area contributed by atoms with Crippen molar-refractivity contribution < 1.29 is 4.79 Å². The number of likely N-dealkylation sites (N-methyl/N-ethyl adjacent to an activating group) is 1. The minimum atomic E-state index is -0.540. The number of amides is 1. The van der Waals surface area contributed by atoms with Gasteiger partial charge in [0.05, 0.1) is 5.54 Å². The molecule has 1 unspecified atom stereocenters. The Morgan fingerprint density at radius 3 is 2.56 bits per heavy atom. The van der Waals surface area contributed by atoms with Crippen molar-refractivity contribution in [2.75, 3.05) is 12.8 Å². The summed E-state index contributed by atoms with van der Waals surface area (Å²) in [4.78, 5) is 11.3. The van der Waals surface area contributed by atoms with Crippen LogP contribution in [0.3, 0.4) is 0 Å². The fourth-order valence-corrected chi connectivity index (χ4v) is 3.56. The molecule has 16 heavy (non-hydrogen) atoms. The van der Waals surface area contributed by atoms with Crippen LogP contribution in [0, 0.1) is 0 Å². The first kappa shape index (κ1) is 13.8. The van der Waals surface area contributed by atoms with E-state index >= 15 is 0 Å². The Hall–Kier alpha value is -0.220. The molecule has 1 atom stereocenters. The Labute approximate surface area is 103 Å². The first-order valence-electron chi connectivity index (χ1n) is 6.19. The molecular formula is C12H24N2OS. The molecule has 0 aromatic heterocycles. The molecule has 3 N–H and O–H groups in total. The largest absolute Gasteiger partial charge is 0.368 e. The molecule has 1 fully saturated rings. The van der Waals surface area contributed by atoms with E-state index in [1.165, 1.54) is 32.1 Å². The Morgan fingerprint density at radius 2 is 2.06 bits per heavy atom. The molecule has 94 valence electrons. The number of carbonyl (C=O) groups excluding carboxylic acids is 1. The third-order valence-corrected chi connectivity index (χ3v) is 4.99. The minimum absolute atomic E-state index is 0.251. The smallest absolute Gasteiger partial charge is 0.237 e. The van der Waals surface area contributed by atoms with Gasteiger partial charge in [0.1, 0.15) is 0 Å². The first-order chi connectivity index (χ1) is 7.58. The van der Waals surface area contributed by atoms with Crippen molar-refractivity contribution in [3.63, 3.8) is 0 Å². The average Bonchev–Trinajstić information content (AvgIpc) is 2.30. The summed E-state index contributed by atoms with van der Waals surface area (Å²) in [5.74, 6) is 0.768. The highest BCUT2D eigenvalue weighted by atomic mass is 32.2. The number of nitrogens with two attached hydrogens (primary N) is 1. The standard InChI is InChI=1S/C12H24N2OS/c1-12(14-2,11(13)15)8-9-16-10-6-4-3-5-7-10/h10,14H,3-9H2,1-2H3,(H2,13,15). The van der Waals surface area contributed by atoms with Crippen molar-refractivity contribution >= 4 is 17.7 Å². The number of hydrogen-bond acceptors (Lipinski definition) is 3. The van der Waals surface area contributed by atoms with Crippen LogP contribution in [-0.2, 0) is 4.79 Å². The maximum Gasteiger partial charge on any atom is 0.237 e. The fraction of sp³-hybridized carbons (Fsp3) is 0.917. The van der Waals surface area contributed by atoms with Crippen molar-refractivity contribution in [1.29, 1.82) is 0 Å². The Morgan fingerprint density at radius 1 is 1.44 bits per heavy atom. The summed E-state index contributed by atoms with van der Waals surface area (Å²) < 4.78 is 0. The number of carbonyl (C=O) groups is 1. The van der Waals surface area contributed by atoms with Crippen molar-refractivity contribution in [3.8, 4) is 0 Å². The number of primary amides is 1. The van der Waals surface area contributed by atoms with Crippen LogP contribution in [0.2, 0.25) is 0 Å². The van der Waals surface area contributed by atoms with Crippen LogP contribution in [0.5, 0.6) is 0 Å². The Bertz CT molecular complexity index is 229. The van der Waals surface area contributed by atoms with E-state index < -0.39 is 5.54 Å². The molecular weight excluding hydrogens is 220 g/mol. The molecule has 0 saturated heterocycles. The molecule has 1 aliphatic carbocycles. The van der Waals surface area contributed by atoms with Gasteiger partial charge < -0.3 is 11.1 Å². The predicted octanol–water partition coefficient (Wildman–Crippen LogP) is 1.91. The van der Waals surface area contributed by atoms with Crippen molar-refractivity contribution in [1.82, 2.24) is 5.32 Å². The van der Waals surface area contributed by atoms with Crippen LogP contribution in [0.15, 0.2) is 0 Å². The monoisotopic (exact) mass is 244 g/mol. The van der Waals surface area contributed by atoms with Crippen LogP contribution < -0.4 is 11.1 Å². The van der Waals surface area contributed by atoms with Gasteiger partial charge in [-0.3, -0.25) is 4.79 Å². The molecule has 1 rings (SSSR count). The summed E-state index contributed by atoms with van der Waals surface area (Å²) in [6.45, 7) is 1.89. The zero-order chi connectivity index (χ0) is 12.0. The number of thioether (sulfide) groups is 1. The summed E-state index contributed by atoms with van der Waals surface area (Å²) in [5.41, 5.74) is 4.85. The van der Waals surface area contributed by atoms with E-state index in [0.717, 1.165) is 17.4 Å². The number of nitrogens with one attached hydrogen (secondary N) is 1. The van der Waals surface area contributed by atoms with E-state index in [9.17, 15) is 4.79 Å². The second kappa shape index (κ2) is 6.50. The van der Waals surface area contributed by atoms with Gasteiger partial charge in [-0.25, -0.2) is 0 Å². The lowest BCUT2D eigenvalue weighted by Gasteiger charge is -2.27. The third-order valence-electron chi connectivity index (χ3n) is 3.60. The molecule has 1 saturated carbocycles. The molecule has 0 radical (unpaired) electrons. The summed E-state index contributed by atoms with van der Waals surface area (Å²) >= 11 is 2.01. The molecule has 0 aromatic carbocycles. The third kappa shape index (κ3) is 3.98. The molecule has 1 amide bonds. The normalized spacial score (nSPS) is 21.6. The van der Waals surface area contributed by atoms with Gasteiger partial charge in [0.25, 0.3) is 0 Å². The highest BCUT2D eigenvalue weighted by Gasteiger charge is 2.28. The average molecular weight is 244 g/mol. The van der Waals surface area contributed by atoms with Gasteiger partial charge in [-0.15, -0.1) is 0 Å². The summed E-state index contributed by atoms with van der Waals surface area (Å²) in [6, 6.07) is 0. The molecule has 0 bridgehead atoms. The van der Waals surface area contributed by atoms with Crippen molar-refractivity contribution in [2.45, 2.75) is 56.2 Å². The first-order valence-corrected chi connectivity index (χ1v) is 7.24. The number of rotatable bonds is 6. The lowest BCUT2D eigenvalue weighted by atomic mass is 9.99. The van der Waals surface area contributed by atoms with Gasteiger partial charge in [0, 0.05) is 5.25 Å². The van der Waals surface area contributed by atoms with E-state index in [-0.39, 0.29) is 5.91 Å². The maximum absolute atomic E-state index is 11.3. The van der Waals surface area contributed by atoms with Crippen LogP contribution in [-0.4, -0.2) is 29.5 Å². The van der Waals surface area contributed by atoms with E-state index in [1.54, 1.807) is 7.05 Å². The van der Waals surface area contributed by atoms with Gasteiger partial charge in [-0.2, -0.15) is 11.8 Å². The minimum Gasteiger partial charge on any atom is -0.368 e. The molecule has 0 heterocycles. The summed E-state index contributed by atoms with van der Waals surface area (Å²) in [6.07, 6.45) is 7.65. The van der Waals surface area contributed by atoms with E-state index in [2.05, 4.69) is 5.32 Å². The molecule has 4 heteroatoms. The SMILES string of the molecule is CNC(C)(CCSC1CCCCC1)C(N)=O. The van der Waals surface area contributed by atoms with Gasteiger partial charge in [-0.05, 0) is 39.0 Å². The van der Waals surface area contributed by atoms with Gasteiger partial charge >= 0.3 is 0 Å². The zero-order valence-corrected chi connectivity index (χ0v) is 11.2. The topological polar surface area (TPSA) is 55.1 Å². The van der Waals surface area contributed by atoms with E-state index in [0.29, 0.717) is 0 Å². The summed E-state index contributed by atoms with van der Waals surface area (Å²) in [5, 5.41) is 3.84. The van der Waals surface area contributed by atoms with Crippen LogP contribution >= 0.6 is 11.8 Å². The molecule has 1 aliphatic rings. The maximum atomic E-state index is 11.3. The van der Waals surface area contributed by atoms with E-state index in [1.807, 2.05) is 18.7 Å². The highest BCUT2D eigenvalue weighted by molar-refractivity contribution is 7.99. The van der Waals surface area contributed by atoms with Gasteiger partial charge in [0.15, 0.2) is 0 Å². The second-order valence-electron chi connectivity index (χ2n) is 4.83. The lowest BCUT2D eigenvalue weighted by Crippen LogP contribution is -2.51. The quantitative estimate of drug-likeness (QED) is 0.750. The Balaban J connectivity index is 2.25. The molecule has 0 spiro atoms. The lowest BCUT2D eigenvalue weighted by molar-refractivity contribution is -0.123. The zero-order valence-electron chi connectivity index (χ0n) is 10.4. The van der Waals surface area contributed by atoms with Gasteiger partial charge in [-0.1, -0.05) is 19.3 Å².